The van der Waals surface area contributed by atoms with Crippen LogP contribution in [0.3, 0.4) is 0 Å². The van der Waals surface area contributed by atoms with Crippen LogP contribution in [0.25, 0.3) is 31.6 Å². The van der Waals surface area contributed by atoms with Crippen LogP contribution in [0.5, 0.6) is 0 Å². The van der Waals surface area contributed by atoms with E-state index in [2.05, 4.69) is 12.1 Å². The summed E-state index contributed by atoms with van der Waals surface area (Å²) in [5, 5.41) is 2.84. The molecule has 5 rings (SSSR count). The number of benzene rings is 4. The van der Waals surface area contributed by atoms with Crippen LogP contribution in [0.4, 0.5) is 0 Å². The summed E-state index contributed by atoms with van der Waals surface area (Å²) in [7, 11) is -3.54. The first-order valence-corrected chi connectivity index (χ1v) is 11.5. The Morgan fingerprint density at radius 2 is 1.45 bits per heavy atom. The van der Waals surface area contributed by atoms with Gasteiger partial charge in [0.25, 0.3) is 0 Å². The highest BCUT2D eigenvalue weighted by molar-refractivity contribution is 7.91. The number of hydrogen-bond acceptors (Lipinski definition) is 4. The lowest BCUT2D eigenvalue weighted by Gasteiger charge is -2.07. The fourth-order valence-electron chi connectivity index (χ4n) is 3.37. The highest BCUT2D eigenvalue weighted by Crippen LogP contribution is 2.33. The van der Waals surface area contributed by atoms with E-state index in [1.54, 1.807) is 35.6 Å². The maximum atomic E-state index is 13.0. The molecule has 5 aromatic rings. The molecule has 0 saturated carbocycles. The van der Waals surface area contributed by atoms with Crippen LogP contribution in [-0.4, -0.2) is 13.4 Å². The Bertz CT molecular complexity index is 1430. The molecule has 3 nitrogen and oxygen atoms in total. The molecule has 0 fully saturated rings. The van der Waals surface area contributed by atoms with Crippen molar-refractivity contribution in [1.29, 1.82) is 0 Å². The van der Waals surface area contributed by atoms with E-state index in [-0.39, 0.29) is 0 Å². The minimum Gasteiger partial charge on any atom is -0.236 e. The van der Waals surface area contributed by atoms with Gasteiger partial charge in [-0.2, -0.15) is 0 Å². The van der Waals surface area contributed by atoms with Crippen molar-refractivity contribution >= 4 is 42.2 Å². The highest BCUT2D eigenvalue weighted by Gasteiger charge is 2.18. The summed E-state index contributed by atoms with van der Waals surface area (Å²) in [4.78, 5) is 5.34. The smallest absolute Gasteiger partial charge is 0.206 e. The van der Waals surface area contributed by atoms with Crippen molar-refractivity contribution in [3.63, 3.8) is 0 Å². The van der Waals surface area contributed by atoms with Crippen LogP contribution in [0.1, 0.15) is 5.56 Å². The summed E-state index contributed by atoms with van der Waals surface area (Å²) in [5.74, 6) is 0. The topological polar surface area (TPSA) is 47.0 Å². The average Bonchev–Trinajstić information content (AvgIpc) is 3.17. The molecule has 1 heterocycles. The Kier molecular flexibility index (Phi) is 4.23. The summed E-state index contributed by atoms with van der Waals surface area (Å²) < 4.78 is 27.1. The normalized spacial score (nSPS) is 11.9. The molecule has 0 radical (unpaired) electrons. The van der Waals surface area contributed by atoms with Gasteiger partial charge in [-0.3, -0.25) is 0 Å². The molecule has 0 spiro atoms. The minimum atomic E-state index is -3.54. The highest BCUT2D eigenvalue weighted by atomic mass is 32.2. The zero-order chi connectivity index (χ0) is 20.0. The number of thiazole rings is 1. The monoisotopic (exact) mass is 415 g/mol. The molecule has 142 valence electrons. The van der Waals surface area contributed by atoms with Gasteiger partial charge in [0, 0.05) is 5.56 Å². The van der Waals surface area contributed by atoms with E-state index in [1.807, 2.05) is 55.5 Å². The molecule has 0 atom stereocenters. The molecule has 0 saturated heterocycles. The van der Waals surface area contributed by atoms with Crippen LogP contribution >= 0.6 is 11.3 Å². The van der Waals surface area contributed by atoms with E-state index in [9.17, 15) is 8.42 Å². The van der Waals surface area contributed by atoms with E-state index in [0.29, 0.717) is 9.79 Å². The second-order valence-electron chi connectivity index (χ2n) is 7.03. The van der Waals surface area contributed by atoms with Gasteiger partial charge in [0.1, 0.15) is 5.01 Å². The molecule has 0 unspecified atom stereocenters. The predicted molar refractivity (Wildman–Crippen MR) is 119 cm³/mol. The fraction of sp³-hybridized carbons (Fsp3) is 0.0417. The van der Waals surface area contributed by atoms with E-state index < -0.39 is 9.84 Å². The van der Waals surface area contributed by atoms with Gasteiger partial charge in [0.05, 0.1) is 20.0 Å². The maximum absolute atomic E-state index is 13.0. The number of rotatable bonds is 3. The lowest BCUT2D eigenvalue weighted by Crippen LogP contribution is -2.01. The summed E-state index contributed by atoms with van der Waals surface area (Å²) in [5.41, 5.74) is 3.06. The Labute approximate surface area is 173 Å². The molecule has 5 heteroatoms. The van der Waals surface area contributed by atoms with Gasteiger partial charge < -0.3 is 0 Å². The Balaban J connectivity index is 1.56. The number of aromatic nitrogens is 1. The number of hydrogen-bond donors (Lipinski definition) is 0. The van der Waals surface area contributed by atoms with Gasteiger partial charge in [-0.1, -0.05) is 48.0 Å². The number of sulfone groups is 1. The molecule has 0 aliphatic carbocycles. The van der Waals surface area contributed by atoms with Crippen LogP contribution in [-0.2, 0) is 9.84 Å². The standard InChI is InChI=1S/C24H17NO2S2/c1-16-6-11-20(12-7-16)29(26,27)21-13-10-17-14-19(9-8-18(17)15-21)24-25-22-4-2-3-5-23(22)28-24/h2-15H,1H3. The maximum Gasteiger partial charge on any atom is 0.206 e. The van der Waals surface area contributed by atoms with Crippen LogP contribution in [0.15, 0.2) is 94.7 Å². The third-order valence-corrected chi connectivity index (χ3v) is 7.85. The number of para-hydroxylation sites is 1. The quantitative estimate of drug-likeness (QED) is 0.349. The van der Waals surface area contributed by atoms with Crippen molar-refractivity contribution in [2.24, 2.45) is 0 Å². The van der Waals surface area contributed by atoms with Crippen LogP contribution in [0, 0.1) is 6.92 Å². The van der Waals surface area contributed by atoms with Gasteiger partial charge >= 0.3 is 0 Å². The summed E-state index contributed by atoms with van der Waals surface area (Å²) in [6, 6.07) is 26.4. The van der Waals surface area contributed by atoms with Crippen molar-refractivity contribution in [2.45, 2.75) is 16.7 Å². The zero-order valence-corrected chi connectivity index (χ0v) is 17.3. The lowest BCUT2D eigenvalue weighted by atomic mass is 10.1. The van der Waals surface area contributed by atoms with Gasteiger partial charge in [-0.15, -0.1) is 11.3 Å². The molecule has 0 bridgehead atoms. The Morgan fingerprint density at radius 3 is 2.24 bits per heavy atom. The summed E-state index contributed by atoms with van der Waals surface area (Å²) in [6.45, 7) is 1.94. The zero-order valence-electron chi connectivity index (χ0n) is 15.7. The summed E-state index contributed by atoms with van der Waals surface area (Å²) >= 11 is 1.66. The van der Waals surface area contributed by atoms with E-state index in [0.717, 1.165) is 37.1 Å². The molecule has 0 aliphatic rings. The summed E-state index contributed by atoms with van der Waals surface area (Å²) in [6.07, 6.45) is 0. The third kappa shape index (κ3) is 3.22. The van der Waals surface area contributed by atoms with Gasteiger partial charge in [0.15, 0.2) is 0 Å². The second-order valence-corrected chi connectivity index (χ2v) is 10.0. The fourth-order valence-corrected chi connectivity index (χ4v) is 5.63. The molecular weight excluding hydrogens is 398 g/mol. The number of aryl methyl sites for hydroxylation is 1. The first-order chi connectivity index (χ1) is 14.0. The Hall–Kier alpha value is -3.02. The second kappa shape index (κ2) is 6.79. The minimum absolute atomic E-state index is 0.307. The molecular formula is C24H17NO2S2. The van der Waals surface area contributed by atoms with Crippen molar-refractivity contribution in [2.75, 3.05) is 0 Å². The first-order valence-electron chi connectivity index (χ1n) is 9.22. The molecule has 0 amide bonds. The van der Waals surface area contributed by atoms with Crippen molar-refractivity contribution < 1.29 is 8.42 Å². The molecule has 0 aliphatic heterocycles. The van der Waals surface area contributed by atoms with Crippen molar-refractivity contribution in [3.05, 3.63) is 90.5 Å². The molecule has 1 aromatic heterocycles. The SMILES string of the molecule is Cc1ccc(S(=O)(=O)c2ccc3cc(-c4nc5ccccc5s4)ccc3c2)cc1. The van der Waals surface area contributed by atoms with Gasteiger partial charge in [-0.25, -0.2) is 13.4 Å². The van der Waals surface area contributed by atoms with E-state index in [1.165, 1.54) is 0 Å². The van der Waals surface area contributed by atoms with Crippen LogP contribution < -0.4 is 0 Å². The number of nitrogens with zero attached hydrogens (tertiary/aromatic N) is 1. The molecule has 0 N–H and O–H groups in total. The Morgan fingerprint density at radius 1 is 0.759 bits per heavy atom. The van der Waals surface area contributed by atoms with Crippen LogP contribution in [0.2, 0.25) is 0 Å². The predicted octanol–water partition coefficient (Wildman–Crippen LogP) is 6.26. The molecule has 4 aromatic carbocycles. The van der Waals surface area contributed by atoms with Gasteiger partial charge in [-0.05, 0) is 60.2 Å². The van der Waals surface area contributed by atoms with Crippen molar-refractivity contribution in [3.8, 4) is 10.6 Å². The van der Waals surface area contributed by atoms with E-state index in [4.69, 9.17) is 4.98 Å². The first kappa shape index (κ1) is 18.0. The van der Waals surface area contributed by atoms with E-state index >= 15 is 0 Å². The average molecular weight is 416 g/mol. The van der Waals surface area contributed by atoms with Gasteiger partial charge in [0.2, 0.25) is 9.84 Å². The third-order valence-electron chi connectivity index (χ3n) is 4.99. The lowest BCUT2D eigenvalue weighted by molar-refractivity contribution is 0.596. The largest absolute Gasteiger partial charge is 0.236 e. The van der Waals surface area contributed by atoms with Crippen molar-refractivity contribution in [1.82, 2.24) is 4.98 Å². The molecule has 29 heavy (non-hydrogen) atoms. The number of fused-ring (bicyclic) bond motifs is 2.